The third-order valence-electron chi connectivity index (χ3n) is 6.75. The standard InChI is InChI=1S/C26H30ClN3O6/c1-15-19(16(2)28-21(15)26(34)35-3)23(31)20-22(17-6-4-7-18(27)14-17)30(25(33)24(20)32)9-5-8-29-10-12-36-13-11-29/h4,6-7,14,22,28,31H,5,8-13H2,1-3H3/t22-/m1/s1. The molecule has 9 nitrogen and oxygen atoms in total. The number of nitrogens with one attached hydrogen (secondary N) is 1. The van der Waals surface area contributed by atoms with Crippen molar-refractivity contribution < 1.29 is 29.0 Å². The van der Waals surface area contributed by atoms with E-state index in [1.165, 1.54) is 12.0 Å². The number of ketones is 1. The number of nitrogens with zero attached hydrogens (tertiary/aromatic N) is 2. The van der Waals surface area contributed by atoms with Gasteiger partial charge in [-0.15, -0.1) is 0 Å². The number of carbonyl (C=O) groups is 3. The molecule has 0 unspecified atom stereocenters. The molecule has 0 spiro atoms. The van der Waals surface area contributed by atoms with Crippen LogP contribution in [0.4, 0.5) is 0 Å². The number of methoxy groups -OCH3 is 1. The molecule has 2 aromatic rings. The van der Waals surface area contributed by atoms with E-state index in [1.807, 2.05) is 0 Å². The SMILES string of the molecule is COC(=O)c1[nH]c(C)c(C(O)=C2C(=O)C(=O)N(CCCN3CCOCC3)[C@@H]2c2cccc(Cl)c2)c1C. The van der Waals surface area contributed by atoms with Crippen molar-refractivity contribution in [3.05, 3.63) is 62.9 Å². The number of aliphatic hydroxyl groups is 1. The molecule has 10 heteroatoms. The predicted octanol–water partition coefficient (Wildman–Crippen LogP) is 3.22. The summed E-state index contributed by atoms with van der Waals surface area (Å²) in [5.41, 5.74) is 1.97. The molecule has 2 saturated heterocycles. The Kier molecular flexibility index (Phi) is 7.82. The third-order valence-corrected chi connectivity index (χ3v) is 6.98. The number of benzene rings is 1. The third kappa shape index (κ3) is 4.91. The van der Waals surface area contributed by atoms with Crippen molar-refractivity contribution in [2.75, 3.05) is 46.5 Å². The lowest BCUT2D eigenvalue weighted by molar-refractivity contribution is -0.140. The Morgan fingerprint density at radius 2 is 1.94 bits per heavy atom. The molecule has 2 aliphatic rings. The fraction of sp³-hybridized carbons (Fsp3) is 0.423. The number of morpholine rings is 1. The number of halogens is 1. The Morgan fingerprint density at radius 3 is 2.61 bits per heavy atom. The second-order valence-electron chi connectivity index (χ2n) is 8.97. The average molecular weight is 516 g/mol. The summed E-state index contributed by atoms with van der Waals surface area (Å²) in [6.45, 7) is 7.42. The topological polar surface area (TPSA) is 112 Å². The molecule has 192 valence electrons. The first-order valence-corrected chi connectivity index (χ1v) is 12.2. The van der Waals surface area contributed by atoms with Crippen molar-refractivity contribution in [1.29, 1.82) is 0 Å². The first-order valence-electron chi connectivity index (χ1n) is 11.9. The molecule has 36 heavy (non-hydrogen) atoms. The van der Waals surface area contributed by atoms with Crippen LogP contribution in [0.5, 0.6) is 0 Å². The molecule has 1 atom stereocenters. The van der Waals surface area contributed by atoms with Crippen molar-refractivity contribution in [2.24, 2.45) is 0 Å². The average Bonchev–Trinajstić information content (AvgIpc) is 3.31. The number of aromatic amines is 1. The molecule has 0 aliphatic carbocycles. The molecular formula is C26H30ClN3O6. The van der Waals surface area contributed by atoms with Gasteiger partial charge in [-0.2, -0.15) is 0 Å². The Labute approximate surface area is 214 Å². The van der Waals surface area contributed by atoms with Gasteiger partial charge in [0, 0.05) is 42.5 Å². The Hall–Kier alpha value is -3.14. The number of aliphatic hydroxyl groups excluding tert-OH is 1. The van der Waals surface area contributed by atoms with Gasteiger partial charge in [-0.1, -0.05) is 23.7 Å². The van der Waals surface area contributed by atoms with Gasteiger partial charge < -0.3 is 24.5 Å². The number of amides is 1. The highest BCUT2D eigenvalue weighted by Crippen LogP contribution is 2.41. The molecule has 2 aliphatic heterocycles. The number of ether oxygens (including phenoxy) is 2. The highest BCUT2D eigenvalue weighted by Gasteiger charge is 2.46. The molecule has 3 heterocycles. The highest BCUT2D eigenvalue weighted by atomic mass is 35.5. The minimum Gasteiger partial charge on any atom is -0.507 e. The van der Waals surface area contributed by atoms with Gasteiger partial charge in [0.05, 0.1) is 31.9 Å². The molecule has 1 aromatic heterocycles. The first-order chi connectivity index (χ1) is 17.2. The van der Waals surface area contributed by atoms with Crippen LogP contribution in [0.3, 0.4) is 0 Å². The summed E-state index contributed by atoms with van der Waals surface area (Å²) in [4.78, 5) is 45.4. The molecule has 1 aromatic carbocycles. The largest absolute Gasteiger partial charge is 0.507 e. The Bertz CT molecular complexity index is 1210. The van der Waals surface area contributed by atoms with E-state index < -0.39 is 23.7 Å². The molecule has 2 fully saturated rings. The summed E-state index contributed by atoms with van der Waals surface area (Å²) in [5.74, 6) is -2.38. The zero-order chi connectivity index (χ0) is 26.0. The van der Waals surface area contributed by atoms with E-state index in [2.05, 4.69) is 9.88 Å². The van der Waals surface area contributed by atoms with Crippen LogP contribution >= 0.6 is 11.6 Å². The van der Waals surface area contributed by atoms with Crippen LogP contribution < -0.4 is 0 Å². The number of hydrogen-bond acceptors (Lipinski definition) is 7. The number of H-pyrrole nitrogens is 1. The monoisotopic (exact) mass is 515 g/mol. The minimum absolute atomic E-state index is 0.0322. The van der Waals surface area contributed by atoms with Gasteiger partial charge in [-0.05, 0) is 43.5 Å². The van der Waals surface area contributed by atoms with Gasteiger partial charge in [-0.3, -0.25) is 14.5 Å². The molecule has 0 bridgehead atoms. The summed E-state index contributed by atoms with van der Waals surface area (Å²) < 4.78 is 10.2. The van der Waals surface area contributed by atoms with E-state index in [-0.39, 0.29) is 17.0 Å². The van der Waals surface area contributed by atoms with Crippen LogP contribution in [0.15, 0.2) is 29.8 Å². The lowest BCUT2D eigenvalue weighted by Gasteiger charge is -2.29. The van der Waals surface area contributed by atoms with Crippen LogP contribution in [-0.4, -0.2) is 84.1 Å². The summed E-state index contributed by atoms with van der Waals surface area (Å²) >= 11 is 6.26. The predicted molar refractivity (Wildman–Crippen MR) is 134 cm³/mol. The van der Waals surface area contributed by atoms with Crippen LogP contribution in [0.25, 0.3) is 5.76 Å². The van der Waals surface area contributed by atoms with Crippen molar-refractivity contribution in [2.45, 2.75) is 26.3 Å². The van der Waals surface area contributed by atoms with Gasteiger partial charge in [0.25, 0.3) is 11.7 Å². The quantitative estimate of drug-likeness (QED) is 0.252. The molecule has 0 saturated carbocycles. The van der Waals surface area contributed by atoms with Gasteiger partial charge in [-0.25, -0.2) is 4.79 Å². The molecule has 1 amide bonds. The molecular weight excluding hydrogens is 486 g/mol. The smallest absolute Gasteiger partial charge is 0.354 e. The minimum atomic E-state index is -0.816. The molecule has 0 radical (unpaired) electrons. The lowest BCUT2D eigenvalue weighted by atomic mass is 9.94. The van der Waals surface area contributed by atoms with E-state index in [1.54, 1.807) is 38.1 Å². The van der Waals surface area contributed by atoms with E-state index in [4.69, 9.17) is 21.1 Å². The number of likely N-dealkylation sites (tertiary alicyclic amines) is 1. The number of carbonyl (C=O) groups excluding carboxylic acids is 3. The van der Waals surface area contributed by atoms with Crippen molar-refractivity contribution >= 4 is 35.0 Å². The highest BCUT2D eigenvalue weighted by molar-refractivity contribution is 6.46. The second kappa shape index (κ2) is 10.9. The van der Waals surface area contributed by atoms with Crippen LogP contribution in [0.2, 0.25) is 5.02 Å². The fourth-order valence-corrected chi connectivity index (χ4v) is 5.17. The van der Waals surface area contributed by atoms with E-state index in [9.17, 15) is 19.5 Å². The van der Waals surface area contributed by atoms with E-state index in [0.717, 1.165) is 19.6 Å². The van der Waals surface area contributed by atoms with E-state index in [0.29, 0.717) is 53.6 Å². The fourth-order valence-electron chi connectivity index (χ4n) is 4.97. The number of aromatic nitrogens is 1. The molecule has 2 N–H and O–H groups in total. The van der Waals surface area contributed by atoms with Gasteiger partial charge in [0.1, 0.15) is 11.5 Å². The summed E-state index contributed by atoms with van der Waals surface area (Å²) in [5, 5.41) is 11.9. The van der Waals surface area contributed by atoms with Crippen molar-refractivity contribution in [3.63, 3.8) is 0 Å². The summed E-state index contributed by atoms with van der Waals surface area (Å²) in [6, 6.07) is 6.11. The maximum absolute atomic E-state index is 13.3. The molecule has 4 rings (SSSR count). The number of esters is 1. The lowest BCUT2D eigenvalue weighted by Crippen LogP contribution is -2.38. The zero-order valence-electron chi connectivity index (χ0n) is 20.6. The second-order valence-corrected chi connectivity index (χ2v) is 9.41. The maximum Gasteiger partial charge on any atom is 0.354 e. The van der Waals surface area contributed by atoms with E-state index >= 15 is 0 Å². The number of Topliss-reactive ketones (excluding diaryl/α,β-unsaturated/α-hetero) is 1. The van der Waals surface area contributed by atoms with Gasteiger partial charge in [0.15, 0.2) is 0 Å². The van der Waals surface area contributed by atoms with Crippen molar-refractivity contribution in [3.8, 4) is 0 Å². The van der Waals surface area contributed by atoms with Gasteiger partial charge >= 0.3 is 5.97 Å². The zero-order valence-corrected chi connectivity index (χ0v) is 21.4. The van der Waals surface area contributed by atoms with Crippen molar-refractivity contribution in [1.82, 2.24) is 14.8 Å². The first kappa shape index (κ1) is 25.9. The number of aryl methyl sites for hydroxylation is 1. The maximum atomic E-state index is 13.3. The number of hydrogen-bond donors (Lipinski definition) is 2. The Balaban J connectivity index is 1.75. The summed E-state index contributed by atoms with van der Waals surface area (Å²) in [6.07, 6.45) is 0.652. The normalized spacial score (nSPS) is 20.2. The number of rotatable bonds is 7. The Morgan fingerprint density at radius 1 is 1.22 bits per heavy atom. The van der Waals surface area contributed by atoms with Crippen LogP contribution in [0, 0.1) is 13.8 Å². The summed E-state index contributed by atoms with van der Waals surface area (Å²) in [7, 11) is 1.26. The van der Waals surface area contributed by atoms with Crippen LogP contribution in [0.1, 0.15) is 45.3 Å². The van der Waals surface area contributed by atoms with Crippen LogP contribution in [-0.2, 0) is 19.1 Å². The van der Waals surface area contributed by atoms with Gasteiger partial charge in [0.2, 0.25) is 0 Å².